The van der Waals surface area contributed by atoms with Crippen LogP contribution in [0.15, 0.2) is 18.2 Å². The molecule has 0 fully saturated rings. The zero-order valence-electron chi connectivity index (χ0n) is 12.4. The number of halogens is 4. The van der Waals surface area contributed by atoms with Crippen molar-refractivity contribution in [3.63, 3.8) is 0 Å². The number of nitrogens with zero attached hydrogens (tertiary/aromatic N) is 1. The van der Waals surface area contributed by atoms with E-state index in [1.165, 1.54) is 6.07 Å². The summed E-state index contributed by atoms with van der Waals surface area (Å²) in [6.45, 7) is 5.31. The van der Waals surface area contributed by atoms with Gasteiger partial charge in [-0.3, -0.25) is 4.90 Å². The van der Waals surface area contributed by atoms with Gasteiger partial charge in [0.1, 0.15) is 5.82 Å². The molecule has 0 bridgehead atoms. The largest absolute Gasteiger partial charge is 0.416 e. The molecule has 0 heterocycles. The first-order valence-corrected chi connectivity index (χ1v) is 7.15. The molecular weight excluding hydrogens is 284 g/mol. The van der Waals surface area contributed by atoms with E-state index in [9.17, 15) is 17.6 Å². The highest BCUT2D eigenvalue weighted by Gasteiger charge is 2.36. The van der Waals surface area contributed by atoms with Crippen LogP contribution in [0, 0.1) is 5.82 Å². The minimum absolute atomic E-state index is 0.0494. The fraction of sp³-hybridized carbons (Fsp3) is 0.600. The van der Waals surface area contributed by atoms with Gasteiger partial charge >= 0.3 is 6.18 Å². The van der Waals surface area contributed by atoms with E-state index in [0.29, 0.717) is 19.2 Å². The molecule has 2 N–H and O–H groups in total. The summed E-state index contributed by atoms with van der Waals surface area (Å²) < 4.78 is 52.6. The Hall–Kier alpha value is -1.14. The molecule has 0 aromatic heterocycles. The van der Waals surface area contributed by atoms with Crippen LogP contribution in [-0.2, 0) is 6.18 Å². The summed E-state index contributed by atoms with van der Waals surface area (Å²) in [7, 11) is 0. The second kappa shape index (κ2) is 7.75. The van der Waals surface area contributed by atoms with E-state index in [4.69, 9.17) is 5.73 Å². The van der Waals surface area contributed by atoms with Crippen molar-refractivity contribution in [1.29, 1.82) is 0 Å². The Bertz CT molecular complexity index is 440. The number of hydrogen-bond acceptors (Lipinski definition) is 2. The average molecular weight is 306 g/mol. The van der Waals surface area contributed by atoms with Gasteiger partial charge in [0.15, 0.2) is 0 Å². The van der Waals surface area contributed by atoms with Crippen LogP contribution in [0.3, 0.4) is 0 Å². The molecule has 1 atom stereocenters. The molecule has 1 aromatic carbocycles. The van der Waals surface area contributed by atoms with Gasteiger partial charge in [0.2, 0.25) is 0 Å². The Morgan fingerprint density at radius 2 is 1.71 bits per heavy atom. The molecule has 1 rings (SSSR count). The number of alkyl halides is 3. The number of nitrogens with two attached hydrogens (primary N) is 1. The van der Waals surface area contributed by atoms with Crippen molar-refractivity contribution in [2.45, 2.75) is 38.9 Å². The summed E-state index contributed by atoms with van der Waals surface area (Å²) in [6, 6.07) is 2.26. The maximum Gasteiger partial charge on any atom is 0.416 e. The molecule has 1 aromatic rings. The van der Waals surface area contributed by atoms with E-state index in [2.05, 4.69) is 0 Å². The van der Waals surface area contributed by atoms with E-state index in [0.717, 1.165) is 18.9 Å². The monoisotopic (exact) mass is 306 g/mol. The summed E-state index contributed by atoms with van der Waals surface area (Å²) in [5.41, 5.74) is 4.83. The van der Waals surface area contributed by atoms with E-state index >= 15 is 0 Å². The molecule has 0 aliphatic rings. The van der Waals surface area contributed by atoms with E-state index < -0.39 is 23.6 Å². The highest BCUT2D eigenvalue weighted by molar-refractivity contribution is 5.33. The zero-order valence-corrected chi connectivity index (χ0v) is 12.4. The van der Waals surface area contributed by atoms with Gasteiger partial charge in [0.25, 0.3) is 0 Å². The Labute approximate surface area is 122 Å². The van der Waals surface area contributed by atoms with Crippen LogP contribution in [0.5, 0.6) is 0 Å². The van der Waals surface area contributed by atoms with E-state index in [-0.39, 0.29) is 12.1 Å². The molecule has 21 heavy (non-hydrogen) atoms. The van der Waals surface area contributed by atoms with Crippen LogP contribution in [0.4, 0.5) is 17.6 Å². The van der Waals surface area contributed by atoms with Gasteiger partial charge < -0.3 is 5.73 Å². The smallest absolute Gasteiger partial charge is 0.329 e. The van der Waals surface area contributed by atoms with Crippen LogP contribution in [-0.4, -0.2) is 24.5 Å². The minimum Gasteiger partial charge on any atom is -0.329 e. The Morgan fingerprint density at radius 3 is 2.14 bits per heavy atom. The van der Waals surface area contributed by atoms with Gasteiger partial charge in [-0.05, 0) is 43.6 Å². The topological polar surface area (TPSA) is 29.3 Å². The van der Waals surface area contributed by atoms with E-state index in [1.54, 1.807) is 0 Å². The third kappa shape index (κ3) is 4.68. The summed E-state index contributed by atoms with van der Waals surface area (Å²) >= 11 is 0. The first kappa shape index (κ1) is 17.9. The highest BCUT2D eigenvalue weighted by Crippen LogP contribution is 2.36. The lowest BCUT2D eigenvalue weighted by atomic mass is 9.97. The second-order valence-electron chi connectivity index (χ2n) is 5.02. The third-order valence-corrected chi connectivity index (χ3v) is 3.37. The van der Waals surface area contributed by atoms with Crippen LogP contribution in [0.2, 0.25) is 0 Å². The van der Waals surface area contributed by atoms with Gasteiger partial charge in [0, 0.05) is 12.6 Å². The lowest BCUT2D eigenvalue weighted by molar-refractivity contribution is -0.139. The van der Waals surface area contributed by atoms with Gasteiger partial charge in [-0.15, -0.1) is 0 Å². The van der Waals surface area contributed by atoms with Crippen LogP contribution >= 0.6 is 0 Å². The van der Waals surface area contributed by atoms with Crippen molar-refractivity contribution in [3.8, 4) is 0 Å². The first-order valence-electron chi connectivity index (χ1n) is 7.15. The molecule has 0 radical (unpaired) electrons. The molecular formula is C15H22F4N2. The number of benzene rings is 1. The van der Waals surface area contributed by atoms with Crippen LogP contribution in [0.1, 0.15) is 43.9 Å². The molecule has 0 amide bonds. The normalized spacial score (nSPS) is 13.7. The Morgan fingerprint density at radius 1 is 1.14 bits per heavy atom. The second-order valence-corrected chi connectivity index (χ2v) is 5.02. The summed E-state index contributed by atoms with van der Waals surface area (Å²) in [6.07, 6.45) is -2.95. The van der Waals surface area contributed by atoms with Gasteiger partial charge in [0.05, 0.1) is 5.56 Å². The lowest BCUT2D eigenvalue weighted by Gasteiger charge is -2.32. The van der Waals surface area contributed by atoms with Crippen LogP contribution in [0.25, 0.3) is 0 Å². The minimum atomic E-state index is -4.59. The van der Waals surface area contributed by atoms with Gasteiger partial charge in [-0.2, -0.15) is 13.2 Å². The summed E-state index contributed by atoms with van der Waals surface area (Å²) in [5.74, 6) is -0.889. The molecule has 120 valence electrons. The summed E-state index contributed by atoms with van der Waals surface area (Å²) in [4.78, 5) is 1.93. The number of hydrogen-bond donors (Lipinski definition) is 1. The van der Waals surface area contributed by atoms with Crippen molar-refractivity contribution in [3.05, 3.63) is 35.1 Å². The standard InChI is InChI=1S/C15H22F4N2/c1-3-7-21(8-4-2)14(10-20)12-6-5-11(16)9-13(12)15(17,18)19/h5-6,9,14H,3-4,7-8,10,20H2,1-2H3. The van der Waals surface area contributed by atoms with Crippen molar-refractivity contribution in [2.75, 3.05) is 19.6 Å². The molecule has 1 unspecified atom stereocenters. The lowest BCUT2D eigenvalue weighted by Crippen LogP contribution is -2.36. The van der Waals surface area contributed by atoms with Crippen molar-refractivity contribution < 1.29 is 17.6 Å². The first-order chi connectivity index (χ1) is 9.85. The van der Waals surface area contributed by atoms with Crippen LogP contribution < -0.4 is 5.73 Å². The molecule has 6 heteroatoms. The predicted molar refractivity (Wildman–Crippen MR) is 75.4 cm³/mol. The fourth-order valence-corrected chi connectivity index (χ4v) is 2.54. The molecule has 2 nitrogen and oxygen atoms in total. The molecule has 0 aliphatic carbocycles. The predicted octanol–water partition coefficient (Wildman–Crippen LogP) is 3.97. The fourth-order valence-electron chi connectivity index (χ4n) is 2.54. The van der Waals surface area contributed by atoms with Crippen molar-refractivity contribution >= 4 is 0 Å². The molecule has 0 saturated heterocycles. The molecule has 0 saturated carbocycles. The molecule has 0 aliphatic heterocycles. The third-order valence-electron chi connectivity index (χ3n) is 3.37. The maximum absolute atomic E-state index is 13.2. The van der Waals surface area contributed by atoms with E-state index in [1.807, 2.05) is 18.7 Å². The quantitative estimate of drug-likeness (QED) is 0.772. The highest BCUT2D eigenvalue weighted by atomic mass is 19.4. The summed E-state index contributed by atoms with van der Waals surface area (Å²) in [5, 5.41) is 0. The number of rotatable bonds is 7. The van der Waals surface area contributed by atoms with Crippen molar-refractivity contribution in [2.24, 2.45) is 5.73 Å². The van der Waals surface area contributed by atoms with Gasteiger partial charge in [-0.25, -0.2) is 4.39 Å². The Kier molecular flexibility index (Phi) is 6.61. The van der Waals surface area contributed by atoms with Gasteiger partial charge in [-0.1, -0.05) is 19.9 Å². The maximum atomic E-state index is 13.2. The molecule has 0 spiro atoms. The Balaban J connectivity index is 3.26. The van der Waals surface area contributed by atoms with Crippen molar-refractivity contribution in [1.82, 2.24) is 4.90 Å². The zero-order chi connectivity index (χ0) is 16.0. The SMILES string of the molecule is CCCN(CCC)C(CN)c1ccc(F)cc1C(F)(F)F. The average Bonchev–Trinajstić information content (AvgIpc) is 2.40.